The van der Waals surface area contributed by atoms with E-state index in [1.807, 2.05) is 18.2 Å². The molecule has 1 aliphatic rings. The van der Waals surface area contributed by atoms with E-state index in [0.29, 0.717) is 16.8 Å². The molecule has 0 unspecified atom stereocenters. The van der Waals surface area contributed by atoms with E-state index in [-0.39, 0.29) is 0 Å². The number of fused-ring (bicyclic) bond motifs is 1. The van der Waals surface area contributed by atoms with Crippen LogP contribution in [0.2, 0.25) is 5.28 Å². The van der Waals surface area contributed by atoms with Crippen molar-refractivity contribution < 1.29 is 9.47 Å². The van der Waals surface area contributed by atoms with E-state index in [1.165, 1.54) is 12.8 Å². The fourth-order valence-corrected chi connectivity index (χ4v) is 4.43. The first kappa shape index (κ1) is 16.4. The number of anilines is 1. The first-order chi connectivity index (χ1) is 12.2. The van der Waals surface area contributed by atoms with Crippen LogP contribution in [0.25, 0.3) is 21.3 Å². The van der Waals surface area contributed by atoms with Crippen LogP contribution in [0.4, 0.5) is 5.82 Å². The van der Waals surface area contributed by atoms with Crippen LogP contribution in [-0.4, -0.2) is 37.3 Å². The molecule has 2 aromatic heterocycles. The molecule has 3 heterocycles. The number of aromatic nitrogens is 2. The molecular formula is C18H18ClN3O2S. The highest BCUT2D eigenvalue weighted by molar-refractivity contribution is 7.17. The molecule has 1 aromatic carbocycles. The molecular weight excluding hydrogens is 358 g/mol. The summed E-state index contributed by atoms with van der Waals surface area (Å²) in [7, 11) is 3.28. The Hall–Kier alpha value is -2.05. The second-order valence-corrected chi connectivity index (χ2v) is 7.11. The molecule has 0 N–H and O–H groups in total. The lowest BCUT2D eigenvalue weighted by atomic mass is 10.1. The fraction of sp³-hybridized carbons (Fsp3) is 0.333. The maximum Gasteiger partial charge on any atom is 0.225 e. The van der Waals surface area contributed by atoms with E-state index in [2.05, 4.69) is 20.2 Å². The smallest absolute Gasteiger partial charge is 0.225 e. The van der Waals surface area contributed by atoms with Gasteiger partial charge in [0.25, 0.3) is 0 Å². The van der Waals surface area contributed by atoms with Crippen LogP contribution < -0.4 is 14.4 Å². The molecule has 25 heavy (non-hydrogen) atoms. The molecule has 0 amide bonds. The number of ether oxygens (including phenoxy) is 2. The van der Waals surface area contributed by atoms with Crippen LogP contribution in [0.1, 0.15) is 12.8 Å². The van der Waals surface area contributed by atoms with E-state index >= 15 is 0 Å². The molecule has 0 atom stereocenters. The predicted octanol–water partition coefficient (Wildman–Crippen LogP) is 4.63. The van der Waals surface area contributed by atoms with Crippen molar-refractivity contribution in [1.29, 1.82) is 0 Å². The average Bonchev–Trinajstić information content (AvgIpc) is 3.30. The Morgan fingerprint density at radius 1 is 1.08 bits per heavy atom. The van der Waals surface area contributed by atoms with Gasteiger partial charge in [-0.2, -0.15) is 4.98 Å². The molecule has 130 valence electrons. The summed E-state index contributed by atoms with van der Waals surface area (Å²) in [5.74, 6) is 2.35. The van der Waals surface area contributed by atoms with E-state index in [1.54, 1.807) is 25.6 Å². The quantitative estimate of drug-likeness (QED) is 0.622. The molecule has 1 fully saturated rings. The SMILES string of the molecule is COc1ccc(-c2csc3nc(Cl)nc(N4CCCC4)c23)cc1OC. The van der Waals surface area contributed by atoms with Crippen LogP contribution in [0.15, 0.2) is 23.6 Å². The molecule has 0 aliphatic carbocycles. The summed E-state index contributed by atoms with van der Waals surface area (Å²) in [6.45, 7) is 2.01. The third-order valence-corrected chi connectivity index (χ3v) is 5.53. The van der Waals surface area contributed by atoms with Crippen molar-refractivity contribution in [2.75, 3.05) is 32.2 Å². The van der Waals surface area contributed by atoms with Crippen molar-refractivity contribution in [2.24, 2.45) is 0 Å². The van der Waals surface area contributed by atoms with E-state index in [9.17, 15) is 0 Å². The molecule has 7 heteroatoms. The van der Waals surface area contributed by atoms with Crippen molar-refractivity contribution in [2.45, 2.75) is 12.8 Å². The highest BCUT2D eigenvalue weighted by atomic mass is 35.5. The highest BCUT2D eigenvalue weighted by Crippen LogP contribution is 2.41. The Bertz CT molecular complexity index is 922. The summed E-state index contributed by atoms with van der Waals surface area (Å²) < 4.78 is 10.8. The summed E-state index contributed by atoms with van der Waals surface area (Å²) in [4.78, 5) is 12.2. The summed E-state index contributed by atoms with van der Waals surface area (Å²) in [5.41, 5.74) is 2.15. The van der Waals surface area contributed by atoms with Crippen molar-refractivity contribution in [1.82, 2.24) is 9.97 Å². The van der Waals surface area contributed by atoms with Gasteiger partial charge in [0, 0.05) is 24.0 Å². The van der Waals surface area contributed by atoms with Gasteiger partial charge in [0.05, 0.1) is 19.6 Å². The minimum atomic E-state index is 0.301. The summed E-state index contributed by atoms with van der Waals surface area (Å²) >= 11 is 7.75. The van der Waals surface area contributed by atoms with Gasteiger partial charge >= 0.3 is 0 Å². The predicted molar refractivity (Wildman–Crippen MR) is 102 cm³/mol. The molecule has 0 saturated carbocycles. The topological polar surface area (TPSA) is 47.5 Å². The average molecular weight is 376 g/mol. The molecule has 0 radical (unpaired) electrons. The second kappa shape index (κ2) is 6.69. The van der Waals surface area contributed by atoms with Gasteiger partial charge in [-0.3, -0.25) is 0 Å². The molecule has 1 aliphatic heterocycles. The van der Waals surface area contributed by atoms with E-state index in [0.717, 1.165) is 40.3 Å². The molecule has 1 saturated heterocycles. The lowest BCUT2D eigenvalue weighted by molar-refractivity contribution is 0.355. The van der Waals surface area contributed by atoms with Crippen molar-refractivity contribution >= 4 is 39.0 Å². The van der Waals surface area contributed by atoms with Crippen LogP contribution in [0.5, 0.6) is 11.5 Å². The zero-order chi connectivity index (χ0) is 17.4. The molecule has 0 spiro atoms. The number of halogens is 1. The molecule has 4 rings (SSSR count). The summed E-state index contributed by atoms with van der Waals surface area (Å²) in [6, 6.07) is 5.94. The summed E-state index contributed by atoms with van der Waals surface area (Å²) in [5, 5.41) is 3.47. The number of methoxy groups -OCH3 is 2. The normalized spacial score (nSPS) is 14.3. The third kappa shape index (κ3) is 2.89. The molecule has 5 nitrogen and oxygen atoms in total. The zero-order valence-electron chi connectivity index (χ0n) is 14.1. The van der Waals surface area contributed by atoms with Gasteiger partial charge in [0.15, 0.2) is 11.5 Å². The maximum atomic E-state index is 6.17. The Labute approximate surface area is 155 Å². The van der Waals surface area contributed by atoms with Crippen molar-refractivity contribution in [3.63, 3.8) is 0 Å². The van der Waals surface area contributed by atoms with Crippen LogP contribution in [0, 0.1) is 0 Å². The standard InChI is InChI=1S/C18H18ClN3O2S/c1-23-13-6-5-11(9-14(13)24-2)12-10-25-17-15(12)16(20-18(19)21-17)22-7-3-4-8-22/h5-6,9-10H,3-4,7-8H2,1-2H3. The van der Waals surface area contributed by atoms with Crippen molar-refractivity contribution in [3.8, 4) is 22.6 Å². The first-order valence-electron chi connectivity index (χ1n) is 8.13. The molecule has 3 aromatic rings. The number of benzene rings is 1. The van der Waals surface area contributed by atoms with Gasteiger partial charge in [0.1, 0.15) is 10.6 Å². The zero-order valence-corrected chi connectivity index (χ0v) is 15.7. The van der Waals surface area contributed by atoms with Crippen molar-refractivity contribution in [3.05, 3.63) is 28.9 Å². The first-order valence-corrected chi connectivity index (χ1v) is 9.39. The van der Waals surface area contributed by atoms with Gasteiger partial charge in [-0.05, 0) is 42.1 Å². The number of hydrogen-bond donors (Lipinski definition) is 0. The van der Waals surface area contributed by atoms with Gasteiger partial charge in [-0.1, -0.05) is 6.07 Å². The van der Waals surface area contributed by atoms with E-state index < -0.39 is 0 Å². The van der Waals surface area contributed by atoms with Crippen LogP contribution in [-0.2, 0) is 0 Å². The minimum absolute atomic E-state index is 0.301. The number of thiophene rings is 1. The lowest BCUT2D eigenvalue weighted by Gasteiger charge is -2.18. The largest absolute Gasteiger partial charge is 0.493 e. The van der Waals surface area contributed by atoms with Crippen LogP contribution in [0.3, 0.4) is 0 Å². The Morgan fingerprint density at radius 2 is 1.84 bits per heavy atom. The van der Waals surface area contributed by atoms with Gasteiger partial charge in [-0.15, -0.1) is 11.3 Å². The number of rotatable bonds is 4. The van der Waals surface area contributed by atoms with Gasteiger partial charge in [-0.25, -0.2) is 4.98 Å². The minimum Gasteiger partial charge on any atom is -0.493 e. The van der Waals surface area contributed by atoms with Crippen LogP contribution >= 0.6 is 22.9 Å². The lowest BCUT2D eigenvalue weighted by Crippen LogP contribution is -2.19. The third-order valence-electron chi connectivity index (χ3n) is 4.49. The second-order valence-electron chi connectivity index (χ2n) is 5.91. The highest BCUT2D eigenvalue weighted by Gasteiger charge is 2.22. The number of nitrogens with zero attached hydrogens (tertiary/aromatic N) is 3. The van der Waals surface area contributed by atoms with Gasteiger partial charge in [0.2, 0.25) is 5.28 Å². The summed E-state index contributed by atoms with van der Waals surface area (Å²) in [6.07, 6.45) is 2.36. The fourth-order valence-electron chi connectivity index (χ4n) is 3.27. The Morgan fingerprint density at radius 3 is 2.56 bits per heavy atom. The van der Waals surface area contributed by atoms with Gasteiger partial charge < -0.3 is 14.4 Å². The monoisotopic (exact) mass is 375 g/mol. The maximum absolute atomic E-state index is 6.17. The Kier molecular flexibility index (Phi) is 4.39. The van der Waals surface area contributed by atoms with E-state index in [4.69, 9.17) is 21.1 Å². The Balaban J connectivity index is 1.91. The number of hydrogen-bond acceptors (Lipinski definition) is 6. The molecule has 0 bridgehead atoms.